The van der Waals surface area contributed by atoms with E-state index in [1.165, 1.54) is 76.8 Å². The Morgan fingerprint density at radius 1 is 0.909 bits per heavy atom. The first kappa shape index (κ1) is 15.8. The lowest BCUT2D eigenvalue weighted by atomic mass is 10.0. The lowest BCUT2D eigenvalue weighted by molar-refractivity contribution is -0.963. The molecule has 1 aromatic rings. The van der Waals surface area contributed by atoms with Crippen molar-refractivity contribution in [1.29, 1.82) is 0 Å². The molecule has 2 aliphatic rings. The van der Waals surface area contributed by atoms with Crippen LogP contribution in [0.15, 0.2) is 24.3 Å². The maximum atomic E-state index is 5.24. The normalized spacial score (nSPS) is 27.3. The number of hydrogen-bond donors (Lipinski definition) is 2. The van der Waals surface area contributed by atoms with E-state index in [-0.39, 0.29) is 0 Å². The predicted molar refractivity (Wildman–Crippen MR) is 89.6 cm³/mol. The second kappa shape index (κ2) is 7.98. The van der Waals surface area contributed by atoms with Crippen molar-refractivity contribution in [3.05, 3.63) is 29.8 Å². The fourth-order valence-corrected chi connectivity index (χ4v) is 4.23. The highest BCUT2D eigenvalue weighted by Crippen LogP contribution is 2.10. The summed E-state index contributed by atoms with van der Waals surface area (Å²) in [4.78, 5) is 3.68. The van der Waals surface area contributed by atoms with Crippen molar-refractivity contribution in [2.24, 2.45) is 0 Å². The zero-order valence-corrected chi connectivity index (χ0v) is 14.1. The molecular weight excluding hydrogens is 272 g/mol. The molecule has 2 aliphatic heterocycles. The van der Waals surface area contributed by atoms with Gasteiger partial charge in [0.2, 0.25) is 0 Å². The van der Waals surface area contributed by atoms with Gasteiger partial charge in [0.1, 0.15) is 12.3 Å². The summed E-state index contributed by atoms with van der Waals surface area (Å²) in [5.41, 5.74) is 1.44. The predicted octanol–water partition coefficient (Wildman–Crippen LogP) is 0.701. The topological polar surface area (TPSA) is 18.1 Å². The molecule has 1 aromatic carbocycles. The first-order valence-electron chi connectivity index (χ1n) is 9.16. The van der Waals surface area contributed by atoms with E-state index in [1.54, 1.807) is 12.0 Å². The number of quaternary nitrogens is 2. The van der Waals surface area contributed by atoms with Gasteiger partial charge in [-0.2, -0.15) is 0 Å². The van der Waals surface area contributed by atoms with E-state index in [2.05, 4.69) is 24.3 Å². The summed E-state index contributed by atoms with van der Waals surface area (Å²) in [6, 6.07) is 9.56. The van der Waals surface area contributed by atoms with Crippen molar-refractivity contribution >= 4 is 0 Å². The number of benzene rings is 1. The minimum Gasteiger partial charge on any atom is -0.497 e. The molecule has 122 valence electrons. The molecule has 2 N–H and O–H groups in total. The Bertz CT molecular complexity index is 429. The smallest absolute Gasteiger partial charge is 0.118 e. The molecule has 2 heterocycles. The van der Waals surface area contributed by atoms with Gasteiger partial charge in [0.25, 0.3) is 0 Å². The van der Waals surface area contributed by atoms with Crippen molar-refractivity contribution in [3.8, 4) is 5.75 Å². The first-order chi connectivity index (χ1) is 10.8. The number of methoxy groups -OCH3 is 1. The van der Waals surface area contributed by atoms with Crippen LogP contribution in [0.2, 0.25) is 0 Å². The molecule has 0 amide bonds. The summed E-state index contributed by atoms with van der Waals surface area (Å²) in [7, 11) is 1.73. The zero-order valence-electron chi connectivity index (χ0n) is 14.1. The minimum atomic E-state index is 0.942. The Hall–Kier alpha value is -1.06. The third kappa shape index (κ3) is 4.23. The molecule has 0 spiro atoms. The van der Waals surface area contributed by atoms with Crippen molar-refractivity contribution in [1.82, 2.24) is 0 Å². The Kier molecular flexibility index (Phi) is 5.74. The molecule has 3 heteroatoms. The fraction of sp³-hybridized carbons (Fsp3) is 0.684. The number of nitrogens with one attached hydrogen (secondary N) is 2. The molecule has 2 saturated heterocycles. The Morgan fingerprint density at radius 3 is 2.14 bits per heavy atom. The summed E-state index contributed by atoms with van der Waals surface area (Å²) < 4.78 is 5.24. The van der Waals surface area contributed by atoms with Crippen molar-refractivity contribution in [2.45, 2.75) is 51.1 Å². The molecule has 2 fully saturated rings. The summed E-state index contributed by atoms with van der Waals surface area (Å²) in [5, 5.41) is 0. The molecule has 0 saturated carbocycles. The number of ether oxygens (including phenoxy) is 1. The molecule has 0 aromatic heterocycles. The Morgan fingerprint density at radius 2 is 1.55 bits per heavy atom. The van der Waals surface area contributed by atoms with Crippen LogP contribution in [0.3, 0.4) is 0 Å². The second-order valence-corrected chi connectivity index (χ2v) is 7.12. The lowest BCUT2D eigenvalue weighted by Crippen LogP contribution is -3.20. The van der Waals surface area contributed by atoms with E-state index in [1.807, 2.05) is 4.90 Å². The van der Waals surface area contributed by atoms with E-state index >= 15 is 0 Å². The van der Waals surface area contributed by atoms with Gasteiger partial charge < -0.3 is 14.5 Å². The first-order valence-corrected chi connectivity index (χ1v) is 9.16. The molecule has 0 bridgehead atoms. The number of likely N-dealkylation sites (tertiary alicyclic amines) is 2. The van der Waals surface area contributed by atoms with E-state index in [0.29, 0.717) is 0 Å². The van der Waals surface area contributed by atoms with Crippen LogP contribution in [-0.2, 0) is 6.54 Å². The van der Waals surface area contributed by atoms with Gasteiger partial charge in [-0.15, -0.1) is 0 Å². The average molecular weight is 304 g/mol. The molecular formula is C19H32N2O+2. The summed E-state index contributed by atoms with van der Waals surface area (Å²) >= 11 is 0. The maximum Gasteiger partial charge on any atom is 0.118 e. The van der Waals surface area contributed by atoms with E-state index < -0.39 is 0 Å². The summed E-state index contributed by atoms with van der Waals surface area (Å²) in [6.07, 6.45) is 8.67. The van der Waals surface area contributed by atoms with E-state index in [0.717, 1.165) is 11.8 Å². The van der Waals surface area contributed by atoms with Crippen LogP contribution in [0.1, 0.15) is 44.1 Å². The Labute approximate surface area is 135 Å². The summed E-state index contributed by atoms with van der Waals surface area (Å²) in [5.74, 6) is 0.960. The van der Waals surface area contributed by atoms with Crippen molar-refractivity contribution in [2.75, 3.05) is 33.3 Å². The zero-order chi connectivity index (χ0) is 15.2. The average Bonchev–Trinajstić information content (AvgIpc) is 2.86. The van der Waals surface area contributed by atoms with Crippen LogP contribution in [0, 0.1) is 0 Å². The van der Waals surface area contributed by atoms with Gasteiger partial charge in [0.15, 0.2) is 0 Å². The molecule has 3 nitrogen and oxygen atoms in total. The minimum absolute atomic E-state index is 0.942. The largest absolute Gasteiger partial charge is 0.497 e. The molecule has 0 unspecified atom stereocenters. The van der Waals surface area contributed by atoms with Gasteiger partial charge in [-0.1, -0.05) is 0 Å². The van der Waals surface area contributed by atoms with Gasteiger partial charge in [-0.05, 0) is 49.9 Å². The van der Waals surface area contributed by atoms with Gasteiger partial charge in [0, 0.05) is 18.4 Å². The number of piperidine rings is 1. The van der Waals surface area contributed by atoms with Crippen LogP contribution < -0.4 is 14.5 Å². The highest BCUT2D eigenvalue weighted by Gasteiger charge is 2.30. The van der Waals surface area contributed by atoms with Gasteiger partial charge in [-0.25, -0.2) is 0 Å². The second-order valence-electron chi connectivity index (χ2n) is 7.12. The molecule has 0 aliphatic carbocycles. The number of hydrogen-bond acceptors (Lipinski definition) is 1. The summed E-state index contributed by atoms with van der Waals surface area (Å²) in [6.45, 7) is 6.73. The van der Waals surface area contributed by atoms with Crippen LogP contribution in [0.5, 0.6) is 5.75 Å². The van der Waals surface area contributed by atoms with Gasteiger partial charge >= 0.3 is 0 Å². The molecule has 0 radical (unpaired) electrons. The monoisotopic (exact) mass is 304 g/mol. The van der Waals surface area contributed by atoms with Gasteiger partial charge in [-0.3, -0.25) is 0 Å². The SMILES string of the molecule is COc1ccc(C[NH+]2CCC([NH+]3CCCCCC3)CC2)cc1. The Balaban J connectivity index is 1.46. The highest BCUT2D eigenvalue weighted by molar-refractivity contribution is 5.26. The fourth-order valence-electron chi connectivity index (χ4n) is 4.23. The third-order valence-corrected chi connectivity index (χ3v) is 5.63. The molecule has 3 rings (SSSR count). The maximum absolute atomic E-state index is 5.24. The highest BCUT2D eigenvalue weighted by atomic mass is 16.5. The van der Waals surface area contributed by atoms with E-state index in [9.17, 15) is 0 Å². The van der Waals surface area contributed by atoms with Crippen LogP contribution in [-0.4, -0.2) is 39.3 Å². The molecule has 22 heavy (non-hydrogen) atoms. The molecule has 0 atom stereocenters. The standard InChI is InChI=1S/C19H30N2O/c1-22-19-8-6-17(7-9-19)16-20-14-10-18(11-15-20)21-12-4-2-3-5-13-21/h6-9,18H,2-5,10-16H2,1H3/p+2. The quantitative estimate of drug-likeness (QED) is 0.838. The van der Waals surface area contributed by atoms with Crippen LogP contribution in [0.25, 0.3) is 0 Å². The van der Waals surface area contributed by atoms with Crippen molar-refractivity contribution in [3.63, 3.8) is 0 Å². The van der Waals surface area contributed by atoms with Crippen molar-refractivity contribution < 1.29 is 14.5 Å². The lowest BCUT2D eigenvalue weighted by Gasteiger charge is -2.34. The van der Waals surface area contributed by atoms with Crippen LogP contribution in [0.4, 0.5) is 0 Å². The number of rotatable bonds is 4. The third-order valence-electron chi connectivity index (χ3n) is 5.63. The van der Waals surface area contributed by atoms with Gasteiger partial charge in [0.05, 0.1) is 39.3 Å². The van der Waals surface area contributed by atoms with E-state index in [4.69, 9.17) is 4.74 Å². The van der Waals surface area contributed by atoms with Crippen LogP contribution >= 0.6 is 0 Å².